The molecule has 2 heterocycles. The molecular weight excluding hydrogens is 262 g/mol. The minimum atomic E-state index is 0.597. The summed E-state index contributed by atoms with van der Waals surface area (Å²) in [6.07, 6.45) is 0.798. The number of rotatable bonds is 6. The third kappa shape index (κ3) is 2.77. The maximum atomic E-state index is 5.89. The van der Waals surface area contributed by atoms with Gasteiger partial charge in [0.25, 0.3) is 0 Å². The second kappa shape index (κ2) is 5.92. The summed E-state index contributed by atoms with van der Waals surface area (Å²) >= 11 is 5.89. The Morgan fingerprint density at radius 2 is 2.05 bits per heavy atom. The molecule has 106 valence electrons. The third-order valence-electron chi connectivity index (χ3n) is 3.27. The number of nitrogens with zero attached hydrogens (tertiary/aromatic N) is 5. The molecular formula is C13H22ClN5. The van der Waals surface area contributed by atoms with Crippen LogP contribution in [0, 0.1) is 6.92 Å². The number of halogens is 1. The van der Waals surface area contributed by atoms with Gasteiger partial charge in [0.2, 0.25) is 0 Å². The molecule has 0 amide bonds. The first-order chi connectivity index (χ1) is 9.08. The van der Waals surface area contributed by atoms with Crippen LogP contribution in [0.25, 0.3) is 11.2 Å². The Morgan fingerprint density at radius 1 is 1.32 bits per heavy atom. The molecule has 5 nitrogen and oxygen atoms in total. The van der Waals surface area contributed by atoms with Crippen LogP contribution >= 0.6 is 11.6 Å². The highest BCUT2D eigenvalue weighted by molar-refractivity contribution is 6.17. The van der Waals surface area contributed by atoms with E-state index in [9.17, 15) is 0 Å². The summed E-state index contributed by atoms with van der Waals surface area (Å²) in [6.45, 7) is 6.88. The zero-order chi connectivity index (χ0) is 14.0. The van der Waals surface area contributed by atoms with E-state index in [1.807, 2.05) is 11.6 Å². The second-order valence-corrected chi connectivity index (χ2v) is 5.37. The summed E-state index contributed by atoms with van der Waals surface area (Å²) in [7, 11) is 4.16. The molecule has 0 fully saturated rings. The van der Waals surface area contributed by atoms with E-state index in [1.165, 1.54) is 0 Å². The fourth-order valence-corrected chi connectivity index (χ4v) is 2.47. The molecule has 0 bridgehead atoms. The van der Waals surface area contributed by atoms with Crippen LogP contribution in [-0.2, 0) is 19.5 Å². The van der Waals surface area contributed by atoms with Crippen molar-refractivity contribution in [1.82, 2.24) is 24.2 Å². The third-order valence-corrected chi connectivity index (χ3v) is 3.46. The van der Waals surface area contributed by atoms with E-state index in [0.717, 1.165) is 48.7 Å². The Hall–Kier alpha value is -1.07. The van der Waals surface area contributed by atoms with Crippen molar-refractivity contribution in [2.24, 2.45) is 0 Å². The normalized spacial score (nSPS) is 11.9. The van der Waals surface area contributed by atoms with Gasteiger partial charge in [-0.15, -0.1) is 11.6 Å². The van der Waals surface area contributed by atoms with Gasteiger partial charge in [0, 0.05) is 31.9 Å². The molecule has 0 aliphatic carbocycles. The molecule has 2 rings (SSSR count). The van der Waals surface area contributed by atoms with Crippen molar-refractivity contribution in [3.8, 4) is 0 Å². The maximum absolute atomic E-state index is 5.89. The van der Waals surface area contributed by atoms with Gasteiger partial charge in [-0.25, -0.2) is 9.67 Å². The molecule has 0 saturated carbocycles. The van der Waals surface area contributed by atoms with Crippen LogP contribution in [0.5, 0.6) is 0 Å². The number of aryl methyl sites for hydroxylation is 3. The van der Waals surface area contributed by atoms with Crippen molar-refractivity contribution < 1.29 is 0 Å². The van der Waals surface area contributed by atoms with Gasteiger partial charge in [0.05, 0.1) is 5.69 Å². The van der Waals surface area contributed by atoms with Crippen LogP contribution in [0.2, 0.25) is 0 Å². The summed E-state index contributed by atoms with van der Waals surface area (Å²) in [5.74, 6) is 1.66. The van der Waals surface area contributed by atoms with E-state index in [1.54, 1.807) is 0 Å². The van der Waals surface area contributed by atoms with Crippen LogP contribution in [-0.4, -0.2) is 50.8 Å². The highest BCUT2D eigenvalue weighted by atomic mass is 35.5. The fourth-order valence-electron chi connectivity index (χ4n) is 2.30. The minimum absolute atomic E-state index is 0.597. The second-order valence-electron chi connectivity index (χ2n) is 5.00. The van der Waals surface area contributed by atoms with Gasteiger partial charge in [0.1, 0.15) is 11.3 Å². The van der Waals surface area contributed by atoms with Gasteiger partial charge in [-0.2, -0.15) is 5.10 Å². The largest absolute Gasteiger partial charge is 0.312 e. The van der Waals surface area contributed by atoms with Crippen molar-refractivity contribution in [2.45, 2.75) is 33.4 Å². The molecule has 0 aromatic carbocycles. The topological polar surface area (TPSA) is 38.9 Å². The number of fused-ring (bicyclic) bond motifs is 1. The molecule has 0 spiro atoms. The van der Waals surface area contributed by atoms with E-state index in [0.29, 0.717) is 5.88 Å². The molecule has 0 unspecified atom stereocenters. The zero-order valence-electron chi connectivity index (χ0n) is 12.1. The Balaban J connectivity index is 2.50. The van der Waals surface area contributed by atoms with Gasteiger partial charge < -0.3 is 9.47 Å². The average molecular weight is 284 g/mol. The molecule has 19 heavy (non-hydrogen) atoms. The maximum Gasteiger partial charge on any atom is 0.158 e. The first-order valence-electron chi connectivity index (χ1n) is 6.71. The van der Waals surface area contributed by atoms with Gasteiger partial charge in [0.15, 0.2) is 5.65 Å². The van der Waals surface area contributed by atoms with Crippen LogP contribution in [0.1, 0.15) is 18.4 Å². The van der Waals surface area contributed by atoms with Crippen molar-refractivity contribution in [3.63, 3.8) is 0 Å². The van der Waals surface area contributed by atoms with Crippen LogP contribution in [0.15, 0.2) is 0 Å². The SMILES string of the molecule is CCn1nc(C)c2nc(CCCl)n(CCN(C)C)c21. The van der Waals surface area contributed by atoms with E-state index in [4.69, 9.17) is 16.6 Å². The molecule has 0 aliphatic rings. The number of hydrogen-bond donors (Lipinski definition) is 0. The van der Waals surface area contributed by atoms with E-state index in [-0.39, 0.29) is 0 Å². The Labute approximate surface area is 119 Å². The predicted molar refractivity (Wildman–Crippen MR) is 78.9 cm³/mol. The van der Waals surface area contributed by atoms with Gasteiger partial charge in [-0.05, 0) is 27.9 Å². The lowest BCUT2D eigenvalue weighted by Gasteiger charge is -2.13. The number of aromatic nitrogens is 4. The minimum Gasteiger partial charge on any atom is -0.312 e. The van der Waals surface area contributed by atoms with Gasteiger partial charge >= 0.3 is 0 Å². The van der Waals surface area contributed by atoms with Crippen LogP contribution in [0.3, 0.4) is 0 Å². The quantitative estimate of drug-likeness (QED) is 0.760. The molecule has 2 aromatic heterocycles. The fraction of sp³-hybridized carbons (Fsp3) is 0.692. The van der Waals surface area contributed by atoms with Crippen molar-refractivity contribution in [3.05, 3.63) is 11.5 Å². The summed E-state index contributed by atoms with van der Waals surface area (Å²) in [5, 5.41) is 4.54. The number of hydrogen-bond acceptors (Lipinski definition) is 3. The summed E-state index contributed by atoms with van der Waals surface area (Å²) in [6, 6.07) is 0. The Bertz CT molecular complexity index is 555. The summed E-state index contributed by atoms with van der Waals surface area (Å²) in [4.78, 5) is 6.90. The highest BCUT2D eigenvalue weighted by Crippen LogP contribution is 2.20. The van der Waals surface area contributed by atoms with Gasteiger partial charge in [-0.3, -0.25) is 0 Å². The Morgan fingerprint density at radius 3 is 2.63 bits per heavy atom. The molecule has 0 saturated heterocycles. The smallest absolute Gasteiger partial charge is 0.158 e. The first-order valence-corrected chi connectivity index (χ1v) is 7.25. The molecule has 6 heteroatoms. The van der Waals surface area contributed by atoms with Gasteiger partial charge in [-0.1, -0.05) is 0 Å². The van der Waals surface area contributed by atoms with E-state index < -0.39 is 0 Å². The van der Waals surface area contributed by atoms with Crippen molar-refractivity contribution in [2.75, 3.05) is 26.5 Å². The lowest BCUT2D eigenvalue weighted by atomic mass is 10.4. The summed E-state index contributed by atoms with van der Waals surface area (Å²) < 4.78 is 4.30. The van der Waals surface area contributed by atoms with Crippen molar-refractivity contribution in [1.29, 1.82) is 0 Å². The highest BCUT2D eigenvalue weighted by Gasteiger charge is 2.17. The van der Waals surface area contributed by atoms with E-state index >= 15 is 0 Å². The molecule has 0 aliphatic heterocycles. The number of alkyl halides is 1. The van der Waals surface area contributed by atoms with Crippen LogP contribution < -0.4 is 0 Å². The molecule has 0 radical (unpaired) electrons. The molecule has 2 aromatic rings. The predicted octanol–water partition coefficient (Wildman–Crippen LogP) is 1.90. The lowest BCUT2D eigenvalue weighted by molar-refractivity contribution is 0.381. The summed E-state index contributed by atoms with van der Waals surface area (Å²) in [5.41, 5.74) is 3.14. The number of imidazole rings is 1. The monoisotopic (exact) mass is 283 g/mol. The molecule has 0 N–H and O–H groups in total. The number of likely N-dealkylation sites (N-methyl/N-ethyl adjacent to an activating group) is 1. The van der Waals surface area contributed by atoms with E-state index in [2.05, 4.69) is 35.6 Å². The molecule has 0 atom stereocenters. The first kappa shape index (κ1) is 14.3. The average Bonchev–Trinajstić information content (AvgIpc) is 2.86. The van der Waals surface area contributed by atoms with Crippen molar-refractivity contribution >= 4 is 22.8 Å². The zero-order valence-corrected chi connectivity index (χ0v) is 12.9. The lowest BCUT2D eigenvalue weighted by Crippen LogP contribution is -2.20. The Kier molecular flexibility index (Phi) is 4.47. The van der Waals surface area contributed by atoms with Crippen LogP contribution in [0.4, 0.5) is 0 Å². The standard InChI is InChI=1S/C13H22ClN5/c1-5-19-13-12(10(2)16-19)15-11(6-7-14)18(13)9-8-17(3)4/h5-9H2,1-4H3.